The van der Waals surface area contributed by atoms with E-state index in [4.69, 9.17) is 12.2 Å². The summed E-state index contributed by atoms with van der Waals surface area (Å²) >= 11 is 5.14. The molecule has 0 fully saturated rings. The number of hydrogen-bond donors (Lipinski definition) is 2. The third kappa shape index (κ3) is 3.49. The van der Waals surface area contributed by atoms with E-state index in [1.807, 2.05) is 19.1 Å². The molecule has 2 rings (SSSR count). The first-order valence-corrected chi connectivity index (χ1v) is 5.80. The molecule has 0 amide bonds. The summed E-state index contributed by atoms with van der Waals surface area (Å²) in [7, 11) is 0. The standard InChI is InChI=1S/C13H12FN3S/c1-9-6-7-15-12(8-9)17-13(18)16-11-4-2-10(14)3-5-11/h2-8H,1H3,(H2,15,16,17,18). The third-order valence-electron chi connectivity index (χ3n) is 2.26. The molecule has 18 heavy (non-hydrogen) atoms. The summed E-state index contributed by atoms with van der Waals surface area (Å²) in [5, 5.41) is 6.33. The largest absolute Gasteiger partial charge is 0.332 e. The number of nitrogens with one attached hydrogen (secondary N) is 2. The highest BCUT2D eigenvalue weighted by Gasteiger charge is 2.00. The number of hydrogen-bond acceptors (Lipinski definition) is 2. The topological polar surface area (TPSA) is 37.0 Å². The van der Waals surface area contributed by atoms with Gasteiger partial charge in [0.2, 0.25) is 0 Å². The lowest BCUT2D eigenvalue weighted by atomic mass is 10.3. The fraction of sp³-hybridized carbons (Fsp3) is 0.0769. The molecule has 1 aromatic heterocycles. The van der Waals surface area contributed by atoms with Gasteiger partial charge in [-0.3, -0.25) is 0 Å². The van der Waals surface area contributed by atoms with Gasteiger partial charge in [-0.1, -0.05) is 0 Å². The van der Waals surface area contributed by atoms with Gasteiger partial charge in [0.15, 0.2) is 5.11 Å². The van der Waals surface area contributed by atoms with Crippen molar-refractivity contribution >= 4 is 28.8 Å². The third-order valence-corrected chi connectivity index (χ3v) is 2.46. The van der Waals surface area contributed by atoms with E-state index in [9.17, 15) is 4.39 Å². The Morgan fingerprint density at radius 1 is 1.17 bits per heavy atom. The van der Waals surface area contributed by atoms with Crippen LogP contribution in [0.15, 0.2) is 42.6 Å². The number of halogens is 1. The highest BCUT2D eigenvalue weighted by atomic mass is 32.1. The van der Waals surface area contributed by atoms with Crippen LogP contribution in [-0.2, 0) is 0 Å². The molecule has 92 valence electrons. The van der Waals surface area contributed by atoms with Crippen LogP contribution in [-0.4, -0.2) is 10.1 Å². The van der Waals surface area contributed by atoms with Crippen LogP contribution in [0, 0.1) is 12.7 Å². The number of pyridine rings is 1. The van der Waals surface area contributed by atoms with E-state index in [1.54, 1.807) is 18.3 Å². The van der Waals surface area contributed by atoms with Crippen molar-refractivity contribution in [2.24, 2.45) is 0 Å². The lowest BCUT2D eigenvalue weighted by Crippen LogP contribution is -2.19. The normalized spacial score (nSPS) is 9.89. The van der Waals surface area contributed by atoms with Crippen molar-refractivity contribution in [2.45, 2.75) is 6.92 Å². The molecule has 0 aliphatic carbocycles. The summed E-state index contributed by atoms with van der Waals surface area (Å²) in [6, 6.07) is 9.77. The minimum Gasteiger partial charge on any atom is -0.332 e. The van der Waals surface area contributed by atoms with Gasteiger partial charge in [-0.15, -0.1) is 0 Å². The average Bonchev–Trinajstić information content (AvgIpc) is 2.32. The fourth-order valence-corrected chi connectivity index (χ4v) is 1.64. The van der Waals surface area contributed by atoms with Crippen LogP contribution in [0.4, 0.5) is 15.9 Å². The van der Waals surface area contributed by atoms with Crippen LogP contribution < -0.4 is 10.6 Å². The first-order valence-electron chi connectivity index (χ1n) is 5.40. The Balaban J connectivity index is 1.98. The number of thiocarbonyl (C=S) groups is 1. The second kappa shape index (κ2) is 5.55. The number of benzene rings is 1. The summed E-state index contributed by atoms with van der Waals surface area (Å²) in [6.07, 6.45) is 1.71. The molecule has 5 heteroatoms. The van der Waals surface area contributed by atoms with Crippen LogP contribution in [0.25, 0.3) is 0 Å². The van der Waals surface area contributed by atoms with Gasteiger partial charge in [0, 0.05) is 11.9 Å². The van der Waals surface area contributed by atoms with Crippen molar-refractivity contribution < 1.29 is 4.39 Å². The number of aromatic nitrogens is 1. The van der Waals surface area contributed by atoms with Crippen LogP contribution in [0.5, 0.6) is 0 Å². The lowest BCUT2D eigenvalue weighted by molar-refractivity contribution is 0.628. The number of nitrogens with zero attached hydrogens (tertiary/aromatic N) is 1. The lowest BCUT2D eigenvalue weighted by Gasteiger charge is -2.10. The van der Waals surface area contributed by atoms with Crippen LogP contribution >= 0.6 is 12.2 Å². The molecule has 1 heterocycles. The van der Waals surface area contributed by atoms with E-state index in [-0.39, 0.29) is 5.82 Å². The quantitative estimate of drug-likeness (QED) is 0.813. The van der Waals surface area contributed by atoms with Gasteiger partial charge in [0.05, 0.1) is 0 Å². The van der Waals surface area contributed by atoms with E-state index in [0.717, 1.165) is 11.3 Å². The summed E-state index contributed by atoms with van der Waals surface area (Å²) in [5.41, 5.74) is 1.82. The minimum atomic E-state index is -0.278. The van der Waals surface area contributed by atoms with Crippen molar-refractivity contribution in [3.8, 4) is 0 Å². The van der Waals surface area contributed by atoms with Crippen molar-refractivity contribution in [1.82, 2.24) is 4.98 Å². The maximum absolute atomic E-state index is 12.7. The molecule has 0 unspecified atom stereocenters. The van der Waals surface area contributed by atoms with Gasteiger partial charge in [-0.05, 0) is 61.1 Å². The number of aryl methyl sites for hydroxylation is 1. The fourth-order valence-electron chi connectivity index (χ4n) is 1.42. The number of anilines is 2. The first-order chi connectivity index (χ1) is 8.63. The maximum atomic E-state index is 12.7. The monoisotopic (exact) mass is 261 g/mol. The molecule has 0 saturated heterocycles. The maximum Gasteiger partial charge on any atom is 0.176 e. The van der Waals surface area contributed by atoms with Gasteiger partial charge in [0.1, 0.15) is 11.6 Å². The average molecular weight is 261 g/mol. The summed E-state index contributed by atoms with van der Waals surface area (Å²) in [4.78, 5) is 4.14. The molecule has 0 radical (unpaired) electrons. The molecular formula is C13H12FN3S. The Morgan fingerprint density at radius 3 is 2.56 bits per heavy atom. The summed E-state index contributed by atoms with van der Waals surface area (Å²) in [5.74, 6) is 0.398. The van der Waals surface area contributed by atoms with Crippen molar-refractivity contribution in [3.05, 3.63) is 54.0 Å². The smallest absolute Gasteiger partial charge is 0.176 e. The van der Waals surface area contributed by atoms with Crippen molar-refractivity contribution in [2.75, 3.05) is 10.6 Å². The number of rotatable bonds is 2. The van der Waals surface area contributed by atoms with Crippen LogP contribution in [0.2, 0.25) is 0 Å². The molecule has 1 aromatic carbocycles. The summed E-state index contributed by atoms with van der Waals surface area (Å²) < 4.78 is 12.7. The Hall–Kier alpha value is -2.01. The second-order valence-corrected chi connectivity index (χ2v) is 4.21. The van der Waals surface area contributed by atoms with E-state index >= 15 is 0 Å². The molecule has 3 nitrogen and oxygen atoms in total. The Morgan fingerprint density at radius 2 is 1.89 bits per heavy atom. The zero-order chi connectivity index (χ0) is 13.0. The molecule has 2 N–H and O–H groups in total. The molecule has 2 aromatic rings. The molecule has 0 atom stereocenters. The molecule has 0 saturated carbocycles. The molecular weight excluding hydrogens is 249 g/mol. The van der Waals surface area contributed by atoms with E-state index < -0.39 is 0 Å². The molecule has 0 aliphatic rings. The summed E-state index contributed by atoms with van der Waals surface area (Å²) in [6.45, 7) is 1.98. The predicted molar refractivity (Wildman–Crippen MR) is 75.2 cm³/mol. The zero-order valence-corrected chi connectivity index (χ0v) is 10.6. The van der Waals surface area contributed by atoms with Crippen LogP contribution in [0.1, 0.15) is 5.56 Å². The van der Waals surface area contributed by atoms with Gasteiger partial charge < -0.3 is 10.6 Å². The Kier molecular flexibility index (Phi) is 3.84. The van der Waals surface area contributed by atoms with Gasteiger partial charge in [-0.25, -0.2) is 9.37 Å². The first kappa shape index (κ1) is 12.4. The van der Waals surface area contributed by atoms with Gasteiger partial charge in [-0.2, -0.15) is 0 Å². The van der Waals surface area contributed by atoms with Gasteiger partial charge in [0.25, 0.3) is 0 Å². The van der Waals surface area contributed by atoms with E-state index in [2.05, 4.69) is 15.6 Å². The van der Waals surface area contributed by atoms with E-state index in [1.165, 1.54) is 12.1 Å². The van der Waals surface area contributed by atoms with Crippen molar-refractivity contribution in [3.63, 3.8) is 0 Å². The highest BCUT2D eigenvalue weighted by Crippen LogP contribution is 2.10. The SMILES string of the molecule is Cc1ccnc(NC(=S)Nc2ccc(F)cc2)c1. The predicted octanol–water partition coefficient (Wildman–Crippen LogP) is 3.34. The minimum absolute atomic E-state index is 0.278. The Labute approximate surface area is 110 Å². The molecule has 0 spiro atoms. The highest BCUT2D eigenvalue weighted by molar-refractivity contribution is 7.80. The zero-order valence-electron chi connectivity index (χ0n) is 9.77. The van der Waals surface area contributed by atoms with Crippen molar-refractivity contribution in [1.29, 1.82) is 0 Å². The van der Waals surface area contributed by atoms with Gasteiger partial charge >= 0.3 is 0 Å². The molecule has 0 aliphatic heterocycles. The Bertz CT molecular complexity index is 554. The van der Waals surface area contributed by atoms with E-state index in [0.29, 0.717) is 10.9 Å². The van der Waals surface area contributed by atoms with Crippen LogP contribution in [0.3, 0.4) is 0 Å². The second-order valence-electron chi connectivity index (χ2n) is 3.80. The molecule has 0 bridgehead atoms.